The second-order valence-corrected chi connectivity index (χ2v) is 6.32. The van der Waals surface area contributed by atoms with Gasteiger partial charge in [-0.25, -0.2) is 0 Å². The monoisotopic (exact) mass is 267 g/mol. The lowest BCUT2D eigenvalue weighted by atomic mass is 10.0. The minimum atomic E-state index is 0.593. The largest absolute Gasteiger partial charge is 0.314 e. The lowest BCUT2D eigenvalue weighted by molar-refractivity contribution is 0.200. The van der Waals surface area contributed by atoms with Crippen molar-refractivity contribution < 1.29 is 0 Å². The molecule has 4 heteroatoms. The zero-order valence-corrected chi connectivity index (χ0v) is 12.6. The standard InChI is InChI=1S/C14H25N3S/c1-12-13-5-11-18-14(13)4-8-17(12)10-7-15-6-9-16(2)3/h5,11-12,15H,4,6-10H2,1-3H3. The van der Waals surface area contributed by atoms with Crippen LogP contribution in [0.15, 0.2) is 11.4 Å². The Morgan fingerprint density at radius 2 is 2.28 bits per heavy atom. The van der Waals surface area contributed by atoms with Gasteiger partial charge in [-0.15, -0.1) is 11.3 Å². The maximum absolute atomic E-state index is 3.52. The van der Waals surface area contributed by atoms with Crippen LogP contribution in [0.4, 0.5) is 0 Å². The van der Waals surface area contributed by atoms with Crippen LogP contribution in [0, 0.1) is 0 Å². The summed E-state index contributed by atoms with van der Waals surface area (Å²) in [6.45, 7) is 8.00. The summed E-state index contributed by atoms with van der Waals surface area (Å²) >= 11 is 1.92. The Hall–Kier alpha value is -0.420. The number of hydrogen-bond acceptors (Lipinski definition) is 4. The number of rotatable bonds is 6. The molecule has 1 unspecified atom stereocenters. The summed E-state index contributed by atoms with van der Waals surface area (Å²) in [5.41, 5.74) is 1.56. The van der Waals surface area contributed by atoms with Gasteiger partial charge in [0.15, 0.2) is 0 Å². The zero-order chi connectivity index (χ0) is 13.0. The van der Waals surface area contributed by atoms with Gasteiger partial charge in [-0.3, -0.25) is 4.90 Å². The molecule has 0 saturated heterocycles. The summed E-state index contributed by atoms with van der Waals surface area (Å²) in [4.78, 5) is 6.41. The van der Waals surface area contributed by atoms with Crippen LogP contribution in [-0.4, -0.2) is 56.6 Å². The summed E-state index contributed by atoms with van der Waals surface area (Å²) in [5, 5.41) is 5.76. The van der Waals surface area contributed by atoms with Crippen LogP contribution in [0.25, 0.3) is 0 Å². The molecule has 18 heavy (non-hydrogen) atoms. The van der Waals surface area contributed by atoms with E-state index >= 15 is 0 Å². The highest BCUT2D eigenvalue weighted by Crippen LogP contribution is 2.32. The molecule has 1 N–H and O–H groups in total. The molecule has 2 rings (SSSR count). The first-order chi connectivity index (χ1) is 8.68. The van der Waals surface area contributed by atoms with Crippen LogP contribution in [0.3, 0.4) is 0 Å². The molecule has 0 aliphatic carbocycles. The lowest BCUT2D eigenvalue weighted by Crippen LogP contribution is -2.39. The highest BCUT2D eigenvalue weighted by molar-refractivity contribution is 7.10. The Morgan fingerprint density at radius 1 is 1.44 bits per heavy atom. The normalized spacial score (nSPS) is 20.3. The average Bonchev–Trinajstić information content (AvgIpc) is 2.80. The van der Waals surface area contributed by atoms with Gasteiger partial charge in [-0.05, 0) is 44.4 Å². The van der Waals surface area contributed by atoms with E-state index in [0.717, 1.165) is 26.2 Å². The van der Waals surface area contributed by atoms with Gasteiger partial charge in [-0.1, -0.05) is 0 Å². The van der Waals surface area contributed by atoms with Gasteiger partial charge in [0, 0.05) is 43.6 Å². The van der Waals surface area contributed by atoms with E-state index < -0.39 is 0 Å². The molecule has 3 nitrogen and oxygen atoms in total. The van der Waals surface area contributed by atoms with Crippen molar-refractivity contribution in [3.8, 4) is 0 Å². The Balaban J connectivity index is 1.72. The fourth-order valence-electron chi connectivity index (χ4n) is 2.52. The van der Waals surface area contributed by atoms with Crippen molar-refractivity contribution in [3.05, 3.63) is 21.9 Å². The van der Waals surface area contributed by atoms with E-state index in [2.05, 4.69) is 47.6 Å². The molecule has 2 heterocycles. The van der Waals surface area contributed by atoms with Crippen LogP contribution in [-0.2, 0) is 6.42 Å². The first kappa shape index (κ1) is 14.0. The van der Waals surface area contributed by atoms with Gasteiger partial charge in [0.05, 0.1) is 0 Å². The maximum atomic E-state index is 3.52. The average molecular weight is 267 g/mol. The third kappa shape index (κ3) is 3.54. The molecule has 0 saturated carbocycles. The van der Waals surface area contributed by atoms with E-state index in [1.54, 1.807) is 10.4 Å². The van der Waals surface area contributed by atoms with Gasteiger partial charge in [-0.2, -0.15) is 0 Å². The van der Waals surface area contributed by atoms with Gasteiger partial charge in [0.25, 0.3) is 0 Å². The quantitative estimate of drug-likeness (QED) is 0.793. The Labute approximate surface area is 115 Å². The molecule has 0 amide bonds. The zero-order valence-electron chi connectivity index (χ0n) is 11.8. The summed E-state index contributed by atoms with van der Waals surface area (Å²) in [5.74, 6) is 0. The molecule has 0 aromatic carbocycles. The van der Waals surface area contributed by atoms with Crippen molar-refractivity contribution >= 4 is 11.3 Å². The number of nitrogens with one attached hydrogen (secondary N) is 1. The molecule has 1 aromatic heterocycles. The molecule has 0 spiro atoms. The second kappa shape index (κ2) is 6.66. The molecule has 1 aliphatic heterocycles. The number of likely N-dealkylation sites (N-methyl/N-ethyl adjacent to an activating group) is 1. The Bertz CT molecular complexity index is 362. The Morgan fingerprint density at radius 3 is 3.06 bits per heavy atom. The summed E-state index contributed by atoms with van der Waals surface area (Å²) in [6, 6.07) is 2.90. The van der Waals surface area contributed by atoms with Crippen molar-refractivity contribution in [2.24, 2.45) is 0 Å². The fourth-order valence-corrected chi connectivity index (χ4v) is 3.48. The van der Waals surface area contributed by atoms with Crippen molar-refractivity contribution in [1.29, 1.82) is 0 Å². The minimum absolute atomic E-state index is 0.593. The lowest BCUT2D eigenvalue weighted by Gasteiger charge is -2.33. The third-order valence-electron chi connectivity index (χ3n) is 3.72. The van der Waals surface area contributed by atoms with Gasteiger partial charge >= 0.3 is 0 Å². The predicted octanol–water partition coefficient (Wildman–Crippen LogP) is 1.82. The van der Waals surface area contributed by atoms with Crippen LogP contribution in [0.1, 0.15) is 23.4 Å². The van der Waals surface area contributed by atoms with E-state index in [1.807, 2.05) is 11.3 Å². The van der Waals surface area contributed by atoms with Crippen LogP contribution >= 0.6 is 11.3 Å². The van der Waals surface area contributed by atoms with Crippen LogP contribution in [0.2, 0.25) is 0 Å². The van der Waals surface area contributed by atoms with E-state index in [-0.39, 0.29) is 0 Å². The van der Waals surface area contributed by atoms with Crippen molar-refractivity contribution in [1.82, 2.24) is 15.1 Å². The number of nitrogens with zero attached hydrogens (tertiary/aromatic N) is 2. The van der Waals surface area contributed by atoms with Crippen molar-refractivity contribution in [2.75, 3.05) is 46.8 Å². The number of thiophene rings is 1. The summed E-state index contributed by atoms with van der Waals surface area (Å²) < 4.78 is 0. The SMILES string of the molecule is CC1c2ccsc2CCN1CCNCCN(C)C. The van der Waals surface area contributed by atoms with Gasteiger partial charge in [0.2, 0.25) is 0 Å². The smallest absolute Gasteiger partial charge is 0.0331 e. The van der Waals surface area contributed by atoms with E-state index in [0.29, 0.717) is 6.04 Å². The van der Waals surface area contributed by atoms with E-state index in [9.17, 15) is 0 Å². The van der Waals surface area contributed by atoms with Crippen LogP contribution < -0.4 is 5.32 Å². The predicted molar refractivity (Wildman–Crippen MR) is 79.4 cm³/mol. The second-order valence-electron chi connectivity index (χ2n) is 5.31. The minimum Gasteiger partial charge on any atom is -0.314 e. The molecular weight excluding hydrogens is 242 g/mol. The number of hydrogen-bond donors (Lipinski definition) is 1. The van der Waals surface area contributed by atoms with Gasteiger partial charge < -0.3 is 10.2 Å². The molecule has 0 fully saturated rings. The molecule has 1 aromatic rings. The first-order valence-corrected chi connectivity index (χ1v) is 7.72. The molecule has 1 aliphatic rings. The highest BCUT2D eigenvalue weighted by Gasteiger charge is 2.23. The van der Waals surface area contributed by atoms with Crippen molar-refractivity contribution in [2.45, 2.75) is 19.4 Å². The summed E-state index contributed by atoms with van der Waals surface area (Å²) in [6.07, 6.45) is 1.23. The molecule has 0 radical (unpaired) electrons. The maximum Gasteiger partial charge on any atom is 0.0331 e. The summed E-state index contributed by atoms with van der Waals surface area (Å²) in [7, 11) is 4.24. The molecule has 0 bridgehead atoms. The molecule has 1 atom stereocenters. The van der Waals surface area contributed by atoms with Crippen molar-refractivity contribution in [3.63, 3.8) is 0 Å². The molecule has 102 valence electrons. The first-order valence-electron chi connectivity index (χ1n) is 6.84. The van der Waals surface area contributed by atoms with E-state index in [1.165, 1.54) is 13.0 Å². The Kier molecular flexibility index (Phi) is 5.18. The number of fused-ring (bicyclic) bond motifs is 1. The van der Waals surface area contributed by atoms with E-state index in [4.69, 9.17) is 0 Å². The van der Waals surface area contributed by atoms with Crippen LogP contribution in [0.5, 0.6) is 0 Å². The molecular formula is C14H25N3S. The highest BCUT2D eigenvalue weighted by atomic mass is 32.1. The topological polar surface area (TPSA) is 18.5 Å². The van der Waals surface area contributed by atoms with Gasteiger partial charge in [0.1, 0.15) is 0 Å². The third-order valence-corrected chi connectivity index (χ3v) is 4.71. The fraction of sp³-hybridized carbons (Fsp3) is 0.714.